The van der Waals surface area contributed by atoms with Gasteiger partial charge in [-0.25, -0.2) is 0 Å². The number of amides is 3. The molecule has 0 radical (unpaired) electrons. The average molecular weight is 406 g/mol. The lowest BCUT2D eigenvalue weighted by atomic mass is 9.98. The van der Waals surface area contributed by atoms with Gasteiger partial charge in [-0.15, -0.1) is 0 Å². The van der Waals surface area contributed by atoms with Crippen LogP contribution in [-0.4, -0.2) is 49.8 Å². The lowest BCUT2D eigenvalue weighted by molar-refractivity contribution is -0.136. The van der Waals surface area contributed by atoms with Crippen molar-refractivity contribution in [1.29, 1.82) is 0 Å². The maximum atomic E-state index is 12.5. The Bertz CT molecular complexity index is 987. The second-order valence-corrected chi connectivity index (χ2v) is 7.99. The van der Waals surface area contributed by atoms with E-state index in [1.165, 1.54) is 0 Å². The summed E-state index contributed by atoms with van der Waals surface area (Å²) in [6.07, 6.45) is 1.91. The van der Waals surface area contributed by atoms with E-state index in [4.69, 9.17) is 0 Å². The van der Waals surface area contributed by atoms with Crippen LogP contribution in [0.3, 0.4) is 0 Å². The Labute approximate surface area is 176 Å². The average Bonchev–Trinajstić information content (AvgIpc) is 3.16. The maximum Gasteiger partial charge on any atom is 0.313 e. The van der Waals surface area contributed by atoms with E-state index >= 15 is 0 Å². The molecule has 4 rings (SSSR count). The van der Waals surface area contributed by atoms with Crippen LogP contribution in [0.2, 0.25) is 0 Å². The van der Waals surface area contributed by atoms with Gasteiger partial charge in [-0.3, -0.25) is 14.4 Å². The fourth-order valence-electron chi connectivity index (χ4n) is 4.26. The number of rotatable bonds is 5. The van der Waals surface area contributed by atoms with E-state index in [1.807, 2.05) is 66.4 Å². The highest BCUT2D eigenvalue weighted by molar-refractivity contribution is 6.39. The summed E-state index contributed by atoms with van der Waals surface area (Å²) >= 11 is 0. The van der Waals surface area contributed by atoms with Crippen molar-refractivity contribution in [2.24, 2.45) is 0 Å². The van der Waals surface area contributed by atoms with E-state index in [2.05, 4.69) is 10.6 Å². The van der Waals surface area contributed by atoms with Gasteiger partial charge < -0.3 is 20.4 Å². The molecule has 2 aromatic rings. The lowest BCUT2D eigenvalue weighted by Crippen LogP contribution is -2.40. The minimum atomic E-state index is -0.686. The zero-order valence-corrected chi connectivity index (χ0v) is 17.3. The van der Waals surface area contributed by atoms with Crippen molar-refractivity contribution in [3.8, 4) is 0 Å². The number of aryl methyl sites for hydroxylation is 1. The molecule has 3 amide bonds. The highest BCUT2D eigenvalue weighted by Crippen LogP contribution is 2.38. The highest BCUT2D eigenvalue weighted by atomic mass is 16.2. The number of likely N-dealkylation sites (N-methyl/N-ethyl adjacent to an activating group) is 1. The Morgan fingerprint density at radius 2 is 1.73 bits per heavy atom. The van der Waals surface area contributed by atoms with E-state index in [0.29, 0.717) is 31.6 Å². The Balaban J connectivity index is 1.41. The largest absolute Gasteiger partial charge is 0.346 e. The van der Waals surface area contributed by atoms with Crippen molar-refractivity contribution >= 4 is 29.1 Å². The third-order valence-electron chi connectivity index (χ3n) is 5.78. The molecule has 0 fully saturated rings. The molecule has 0 saturated heterocycles. The zero-order chi connectivity index (χ0) is 21.3. The summed E-state index contributed by atoms with van der Waals surface area (Å²) in [7, 11) is 3.88. The fourth-order valence-corrected chi connectivity index (χ4v) is 4.26. The van der Waals surface area contributed by atoms with E-state index in [-0.39, 0.29) is 11.9 Å². The number of carbonyl (C=O) groups is 3. The van der Waals surface area contributed by atoms with Gasteiger partial charge in [-0.05, 0) is 55.8 Å². The molecule has 2 aliphatic heterocycles. The Morgan fingerprint density at radius 3 is 2.43 bits per heavy atom. The summed E-state index contributed by atoms with van der Waals surface area (Å²) in [6, 6.07) is 13.6. The minimum Gasteiger partial charge on any atom is -0.346 e. The van der Waals surface area contributed by atoms with Gasteiger partial charge in [0.2, 0.25) is 5.91 Å². The summed E-state index contributed by atoms with van der Waals surface area (Å²) in [4.78, 5) is 40.8. The predicted octanol–water partition coefficient (Wildman–Crippen LogP) is 1.88. The van der Waals surface area contributed by atoms with Crippen LogP contribution in [0.25, 0.3) is 0 Å². The van der Waals surface area contributed by atoms with Gasteiger partial charge in [0, 0.05) is 25.2 Å². The molecule has 1 unspecified atom stereocenters. The van der Waals surface area contributed by atoms with Crippen molar-refractivity contribution in [2.75, 3.05) is 37.4 Å². The van der Waals surface area contributed by atoms with Crippen molar-refractivity contribution in [3.05, 3.63) is 59.2 Å². The maximum absolute atomic E-state index is 12.5. The third kappa shape index (κ3) is 3.93. The van der Waals surface area contributed by atoms with Crippen LogP contribution in [0.5, 0.6) is 0 Å². The van der Waals surface area contributed by atoms with Crippen LogP contribution in [0.15, 0.2) is 42.5 Å². The van der Waals surface area contributed by atoms with E-state index in [1.54, 1.807) is 0 Å². The minimum absolute atomic E-state index is 0.0316. The van der Waals surface area contributed by atoms with Crippen LogP contribution >= 0.6 is 0 Å². The van der Waals surface area contributed by atoms with E-state index in [9.17, 15) is 14.4 Å². The number of nitrogens with zero attached hydrogens (tertiary/aromatic N) is 2. The van der Waals surface area contributed by atoms with Gasteiger partial charge in [-0.1, -0.05) is 30.3 Å². The summed E-state index contributed by atoms with van der Waals surface area (Å²) in [5.41, 5.74) is 4.77. The van der Waals surface area contributed by atoms with E-state index in [0.717, 1.165) is 28.8 Å². The molecule has 0 spiro atoms. The number of nitrogens with one attached hydrogen (secondary N) is 2. The normalized spacial score (nSPS) is 15.7. The zero-order valence-electron chi connectivity index (χ0n) is 17.3. The standard InChI is InChI=1S/C23H26N4O3/c1-26(2)19(15-6-4-3-5-7-15)14-24-22(29)23(30)25-18-12-16-8-9-20(28)27-11-10-17(13-18)21(16)27/h3-7,12-13,19H,8-11,14H2,1-2H3,(H,24,29)(H,25,30). The first-order valence-electron chi connectivity index (χ1n) is 10.2. The summed E-state index contributed by atoms with van der Waals surface area (Å²) in [6.45, 7) is 1.01. The summed E-state index contributed by atoms with van der Waals surface area (Å²) < 4.78 is 0. The molecular weight excluding hydrogens is 380 g/mol. The molecule has 0 bridgehead atoms. The lowest BCUT2D eigenvalue weighted by Gasteiger charge is -2.26. The van der Waals surface area contributed by atoms with Crippen LogP contribution in [0, 0.1) is 0 Å². The SMILES string of the molecule is CN(C)C(CNC(=O)C(=O)Nc1cc2c3c(c1)CCN3C(=O)CC2)c1ccccc1. The summed E-state index contributed by atoms with van der Waals surface area (Å²) in [5.74, 6) is -1.19. The number of benzene rings is 2. The van der Waals surface area contributed by atoms with Crippen LogP contribution in [0.4, 0.5) is 11.4 Å². The molecular formula is C23H26N4O3. The first-order valence-corrected chi connectivity index (χ1v) is 10.2. The number of anilines is 2. The van der Waals surface area contributed by atoms with Crippen molar-refractivity contribution in [2.45, 2.75) is 25.3 Å². The van der Waals surface area contributed by atoms with Gasteiger partial charge in [0.15, 0.2) is 0 Å². The van der Waals surface area contributed by atoms with Crippen molar-refractivity contribution in [3.63, 3.8) is 0 Å². The molecule has 2 heterocycles. The first kappa shape index (κ1) is 20.1. The Hall–Kier alpha value is -3.19. The van der Waals surface area contributed by atoms with E-state index < -0.39 is 11.8 Å². The molecule has 7 nitrogen and oxygen atoms in total. The molecule has 2 aliphatic rings. The number of hydrogen-bond donors (Lipinski definition) is 2. The van der Waals surface area contributed by atoms with Crippen molar-refractivity contribution in [1.82, 2.24) is 10.2 Å². The van der Waals surface area contributed by atoms with Gasteiger partial charge in [0.25, 0.3) is 0 Å². The molecule has 156 valence electrons. The molecule has 2 N–H and O–H groups in total. The third-order valence-corrected chi connectivity index (χ3v) is 5.78. The monoisotopic (exact) mass is 406 g/mol. The first-order chi connectivity index (χ1) is 14.4. The molecule has 2 aromatic carbocycles. The van der Waals surface area contributed by atoms with Crippen LogP contribution < -0.4 is 15.5 Å². The molecule has 7 heteroatoms. The Kier molecular flexibility index (Phi) is 5.55. The van der Waals surface area contributed by atoms with Gasteiger partial charge in [0.1, 0.15) is 0 Å². The number of hydrogen-bond acceptors (Lipinski definition) is 4. The molecule has 0 aliphatic carbocycles. The second-order valence-electron chi connectivity index (χ2n) is 7.99. The summed E-state index contributed by atoms with van der Waals surface area (Å²) in [5, 5.41) is 5.46. The van der Waals surface area contributed by atoms with Crippen LogP contribution in [-0.2, 0) is 27.2 Å². The predicted molar refractivity (Wildman–Crippen MR) is 115 cm³/mol. The van der Waals surface area contributed by atoms with Gasteiger partial charge in [0.05, 0.1) is 11.7 Å². The van der Waals surface area contributed by atoms with Gasteiger partial charge >= 0.3 is 11.8 Å². The number of carbonyl (C=O) groups excluding carboxylic acids is 3. The molecule has 0 aromatic heterocycles. The molecule has 0 saturated carbocycles. The molecule has 30 heavy (non-hydrogen) atoms. The smallest absolute Gasteiger partial charge is 0.313 e. The topological polar surface area (TPSA) is 81.8 Å². The Morgan fingerprint density at radius 1 is 1.03 bits per heavy atom. The second kappa shape index (κ2) is 8.28. The van der Waals surface area contributed by atoms with Gasteiger partial charge in [-0.2, -0.15) is 0 Å². The molecule has 1 atom stereocenters. The van der Waals surface area contributed by atoms with Crippen molar-refractivity contribution < 1.29 is 14.4 Å². The quantitative estimate of drug-likeness (QED) is 0.743. The van der Waals surface area contributed by atoms with Crippen LogP contribution in [0.1, 0.15) is 29.2 Å². The highest BCUT2D eigenvalue weighted by Gasteiger charge is 2.31. The fraction of sp³-hybridized carbons (Fsp3) is 0.348.